The van der Waals surface area contributed by atoms with Gasteiger partial charge in [0.05, 0.1) is 0 Å². The fourth-order valence-electron chi connectivity index (χ4n) is 3.10. The minimum atomic E-state index is -3.56. The van der Waals surface area contributed by atoms with E-state index in [1.165, 1.54) is 10.4 Å². The van der Waals surface area contributed by atoms with Gasteiger partial charge in [-0.15, -0.1) is 12.4 Å². The Bertz CT molecular complexity index is 675. The standard InChI is InChI=1S/C15H23N3O4S.ClH/c1-12-14(23(20,21)18-8-2-3-9-18)11-13(22-12)15(19)17-7-4-5-16-6-10-17;/h11,16H,2-10H2,1H3;1H. The molecule has 0 unspecified atom stereocenters. The van der Waals surface area contributed by atoms with Gasteiger partial charge in [-0.3, -0.25) is 4.79 Å². The molecule has 2 saturated heterocycles. The second-order valence-electron chi connectivity index (χ2n) is 6.04. The van der Waals surface area contributed by atoms with Gasteiger partial charge in [0.1, 0.15) is 10.7 Å². The molecule has 1 amide bonds. The molecule has 0 aliphatic carbocycles. The van der Waals surface area contributed by atoms with Gasteiger partial charge in [-0.2, -0.15) is 4.31 Å². The van der Waals surface area contributed by atoms with Crippen molar-refractivity contribution in [3.05, 3.63) is 17.6 Å². The summed E-state index contributed by atoms with van der Waals surface area (Å²) in [5, 5.41) is 3.23. The van der Waals surface area contributed by atoms with Gasteiger partial charge in [0.2, 0.25) is 10.0 Å². The van der Waals surface area contributed by atoms with Crippen molar-refractivity contribution in [2.24, 2.45) is 0 Å². The molecule has 3 heterocycles. The number of carbonyl (C=O) groups excluding carboxylic acids is 1. The lowest BCUT2D eigenvalue weighted by Crippen LogP contribution is -2.34. The number of hydrogen-bond acceptors (Lipinski definition) is 5. The van der Waals surface area contributed by atoms with Crippen LogP contribution in [0.3, 0.4) is 0 Å². The third kappa shape index (κ3) is 3.77. The first-order valence-electron chi connectivity index (χ1n) is 8.11. The van der Waals surface area contributed by atoms with E-state index in [2.05, 4.69) is 5.32 Å². The van der Waals surface area contributed by atoms with Crippen LogP contribution in [0.5, 0.6) is 0 Å². The van der Waals surface area contributed by atoms with E-state index in [9.17, 15) is 13.2 Å². The van der Waals surface area contributed by atoms with Gasteiger partial charge in [-0.05, 0) is 32.7 Å². The topological polar surface area (TPSA) is 82.9 Å². The Hall–Kier alpha value is -1.09. The maximum absolute atomic E-state index is 12.7. The molecule has 0 spiro atoms. The average molecular weight is 378 g/mol. The van der Waals surface area contributed by atoms with E-state index in [0.29, 0.717) is 26.2 Å². The SMILES string of the molecule is Cc1oc(C(=O)N2CCCNCC2)cc1S(=O)(=O)N1CCCC1.Cl. The molecule has 2 fully saturated rings. The highest BCUT2D eigenvalue weighted by atomic mass is 35.5. The number of hydrogen-bond donors (Lipinski definition) is 1. The molecule has 2 aliphatic heterocycles. The summed E-state index contributed by atoms with van der Waals surface area (Å²) >= 11 is 0. The van der Waals surface area contributed by atoms with Crippen LogP contribution < -0.4 is 5.32 Å². The fraction of sp³-hybridized carbons (Fsp3) is 0.667. The van der Waals surface area contributed by atoms with Crippen LogP contribution in [-0.2, 0) is 10.0 Å². The monoisotopic (exact) mass is 377 g/mol. The molecule has 2 aliphatic rings. The largest absolute Gasteiger partial charge is 0.455 e. The van der Waals surface area contributed by atoms with Crippen LogP contribution >= 0.6 is 12.4 Å². The molecule has 0 saturated carbocycles. The van der Waals surface area contributed by atoms with Crippen molar-refractivity contribution in [3.63, 3.8) is 0 Å². The number of rotatable bonds is 3. The Morgan fingerprint density at radius 1 is 1.12 bits per heavy atom. The molecule has 9 heteroatoms. The number of amides is 1. The van der Waals surface area contributed by atoms with Crippen LogP contribution in [0.4, 0.5) is 0 Å². The molecule has 24 heavy (non-hydrogen) atoms. The molecule has 0 radical (unpaired) electrons. The first kappa shape index (κ1) is 19.2. The van der Waals surface area contributed by atoms with Gasteiger partial charge in [-0.25, -0.2) is 8.42 Å². The highest BCUT2D eigenvalue weighted by molar-refractivity contribution is 7.89. The molecular weight excluding hydrogens is 354 g/mol. The quantitative estimate of drug-likeness (QED) is 0.856. The van der Waals surface area contributed by atoms with Crippen LogP contribution in [0, 0.1) is 6.92 Å². The molecule has 1 N–H and O–H groups in total. The lowest BCUT2D eigenvalue weighted by molar-refractivity contribution is 0.0733. The van der Waals surface area contributed by atoms with Gasteiger partial charge in [0.25, 0.3) is 5.91 Å². The minimum Gasteiger partial charge on any atom is -0.455 e. The van der Waals surface area contributed by atoms with E-state index in [4.69, 9.17) is 4.42 Å². The molecular formula is C15H24ClN3O4S. The maximum atomic E-state index is 12.7. The summed E-state index contributed by atoms with van der Waals surface area (Å²) in [5.74, 6) is 0.162. The molecule has 1 aromatic heterocycles. The summed E-state index contributed by atoms with van der Waals surface area (Å²) in [6.07, 6.45) is 2.63. The van der Waals surface area contributed by atoms with Crippen LogP contribution in [0.15, 0.2) is 15.4 Å². The Morgan fingerprint density at radius 2 is 1.83 bits per heavy atom. The summed E-state index contributed by atoms with van der Waals surface area (Å²) in [4.78, 5) is 14.4. The van der Waals surface area contributed by atoms with Gasteiger partial charge in [0.15, 0.2) is 5.76 Å². The molecule has 3 rings (SSSR count). The van der Waals surface area contributed by atoms with Crippen molar-refractivity contribution >= 4 is 28.3 Å². The predicted octanol–water partition coefficient (Wildman–Crippen LogP) is 1.23. The molecule has 7 nitrogen and oxygen atoms in total. The first-order chi connectivity index (χ1) is 11.0. The van der Waals surface area contributed by atoms with E-state index in [1.807, 2.05) is 0 Å². The number of nitrogens with zero attached hydrogens (tertiary/aromatic N) is 2. The van der Waals surface area contributed by atoms with Crippen molar-refractivity contribution in [2.45, 2.75) is 31.1 Å². The summed E-state index contributed by atoms with van der Waals surface area (Å²) in [6.45, 7) is 5.55. The Kier molecular flexibility index (Phi) is 6.30. The third-order valence-corrected chi connectivity index (χ3v) is 6.40. The zero-order chi connectivity index (χ0) is 16.4. The van der Waals surface area contributed by atoms with Gasteiger partial charge >= 0.3 is 0 Å². The Balaban J connectivity index is 0.00000208. The van der Waals surface area contributed by atoms with Crippen LogP contribution in [0.1, 0.15) is 35.6 Å². The minimum absolute atomic E-state index is 0. The van der Waals surface area contributed by atoms with E-state index < -0.39 is 10.0 Å². The van der Waals surface area contributed by atoms with Gasteiger partial charge in [-0.1, -0.05) is 0 Å². The lowest BCUT2D eigenvalue weighted by atomic mass is 10.3. The second kappa shape index (κ2) is 7.86. The molecule has 136 valence electrons. The van der Waals surface area contributed by atoms with E-state index >= 15 is 0 Å². The summed E-state index contributed by atoms with van der Waals surface area (Å²) < 4.78 is 32.3. The number of halogens is 1. The zero-order valence-corrected chi connectivity index (χ0v) is 15.4. The molecule has 1 aromatic rings. The van der Waals surface area contributed by atoms with Crippen molar-refractivity contribution < 1.29 is 17.6 Å². The van der Waals surface area contributed by atoms with E-state index in [0.717, 1.165) is 32.4 Å². The summed E-state index contributed by atoms with van der Waals surface area (Å²) in [5.41, 5.74) is 0. The fourth-order valence-corrected chi connectivity index (χ4v) is 4.78. The molecule has 0 bridgehead atoms. The Morgan fingerprint density at radius 3 is 2.54 bits per heavy atom. The number of carbonyl (C=O) groups is 1. The summed E-state index contributed by atoms with van der Waals surface area (Å²) in [7, 11) is -3.56. The maximum Gasteiger partial charge on any atom is 0.289 e. The summed E-state index contributed by atoms with van der Waals surface area (Å²) in [6, 6.07) is 1.39. The third-order valence-electron chi connectivity index (χ3n) is 4.39. The van der Waals surface area contributed by atoms with Crippen molar-refractivity contribution in [2.75, 3.05) is 39.3 Å². The normalized spacial score (nSPS) is 19.8. The van der Waals surface area contributed by atoms with Crippen molar-refractivity contribution in [1.29, 1.82) is 0 Å². The first-order valence-corrected chi connectivity index (χ1v) is 9.55. The molecule has 0 aromatic carbocycles. The van der Waals surface area contributed by atoms with Gasteiger partial charge in [0, 0.05) is 38.8 Å². The second-order valence-corrected chi connectivity index (χ2v) is 7.94. The number of sulfonamides is 1. The average Bonchev–Trinajstić information content (AvgIpc) is 3.11. The van der Waals surface area contributed by atoms with Gasteiger partial charge < -0.3 is 14.6 Å². The number of aryl methyl sites for hydroxylation is 1. The van der Waals surface area contributed by atoms with E-state index in [-0.39, 0.29) is 34.7 Å². The van der Waals surface area contributed by atoms with Crippen molar-refractivity contribution in [1.82, 2.24) is 14.5 Å². The highest BCUT2D eigenvalue weighted by Gasteiger charge is 2.32. The smallest absolute Gasteiger partial charge is 0.289 e. The number of nitrogens with one attached hydrogen (secondary N) is 1. The van der Waals surface area contributed by atoms with Crippen LogP contribution in [0.25, 0.3) is 0 Å². The van der Waals surface area contributed by atoms with Crippen LogP contribution in [-0.4, -0.2) is 62.8 Å². The predicted molar refractivity (Wildman–Crippen MR) is 92.1 cm³/mol. The highest BCUT2D eigenvalue weighted by Crippen LogP contribution is 2.27. The lowest BCUT2D eigenvalue weighted by Gasteiger charge is -2.18. The molecule has 0 atom stereocenters. The number of furan rings is 1. The van der Waals surface area contributed by atoms with Crippen molar-refractivity contribution in [3.8, 4) is 0 Å². The Labute approximate surface area is 148 Å². The zero-order valence-electron chi connectivity index (χ0n) is 13.8. The van der Waals surface area contributed by atoms with Crippen LogP contribution in [0.2, 0.25) is 0 Å². The van der Waals surface area contributed by atoms with E-state index in [1.54, 1.807) is 11.8 Å².